The fourth-order valence-corrected chi connectivity index (χ4v) is 3.19. The molecule has 0 bridgehead atoms. The maximum absolute atomic E-state index is 11.9. The van der Waals surface area contributed by atoms with E-state index in [4.69, 9.17) is 40.6 Å². The van der Waals surface area contributed by atoms with Gasteiger partial charge in [0.05, 0.1) is 16.8 Å². The minimum absolute atomic E-state index is 0.201. The summed E-state index contributed by atoms with van der Waals surface area (Å²) in [4.78, 5) is 11.9. The number of hydrazine groups is 1. The molecule has 1 aliphatic heterocycles. The summed E-state index contributed by atoms with van der Waals surface area (Å²) in [7, 11) is 0. The summed E-state index contributed by atoms with van der Waals surface area (Å²) in [6.45, 7) is 0. The first-order valence-electron chi connectivity index (χ1n) is 7.08. The number of carbonyl (C=O) groups is 1. The number of nitrogens with zero attached hydrogens (tertiary/aromatic N) is 2. The third-order valence-corrected chi connectivity index (χ3v) is 4.50. The van der Waals surface area contributed by atoms with Crippen LogP contribution in [0.3, 0.4) is 0 Å². The molecule has 2 aromatic rings. The maximum atomic E-state index is 11.9. The van der Waals surface area contributed by atoms with E-state index in [2.05, 4.69) is 10.5 Å². The van der Waals surface area contributed by atoms with Crippen LogP contribution >= 0.6 is 34.8 Å². The molecule has 0 unspecified atom stereocenters. The molecule has 1 heterocycles. The van der Waals surface area contributed by atoms with Gasteiger partial charge in [0.2, 0.25) is 0 Å². The number of hydrogen-bond donors (Lipinski definition) is 2. The Hall–Kier alpha value is -1.79. The highest BCUT2D eigenvalue weighted by atomic mass is 35.5. The van der Waals surface area contributed by atoms with Gasteiger partial charge in [0, 0.05) is 16.5 Å². The first-order chi connectivity index (χ1) is 11.5. The average molecular weight is 384 g/mol. The van der Waals surface area contributed by atoms with Gasteiger partial charge in [-0.1, -0.05) is 46.9 Å². The molecule has 0 saturated heterocycles. The van der Waals surface area contributed by atoms with Gasteiger partial charge in [0.1, 0.15) is 5.71 Å². The first-order valence-corrected chi connectivity index (χ1v) is 8.21. The van der Waals surface area contributed by atoms with Gasteiger partial charge in [-0.15, -0.1) is 0 Å². The summed E-state index contributed by atoms with van der Waals surface area (Å²) in [5.41, 5.74) is 4.04. The van der Waals surface area contributed by atoms with E-state index in [1.165, 1.54) is 0 Å². The molecule has 0 aromatic heterocycles. The van der Waals surface area contributed by atoms with Crippen molar-refractivity contribution in [2.75, 3.05) is 5.01 Å². The summed E-state index contributed by atoms with van der Waals surface area (Å²) in [6, 6.07) is 12.3. The van der Waals surface area contributed by atoms with Gasteiger partial charge < -0.3 is 0 Å². The molecule has 124 valence electrons. The van der Waals surface area contributed by atoms with Gasteiger partial charge in [-0.2, -0.15) is 5.10 Å². The van der Waals surface area contributed by atoms with Crippen molar-refractivity contribution in [1.29, 1.82) is 0 Å². The Balaban J connectivity index is 2.04. The Morgan fingerprint density at radius 2 is 1.79 bits per heavy atom. The molecule has 1 atom stereocenters. The molecule has 0 saturated carbocycles. The maximum Gasteiger partial charge on any atom is 0.281 e. The third-order valence-electron chi connectivity index (χ3n) is 3.71. The summed E-state index contributed by atoms with van der Waals surface area (Å²) in [5.74, 6) is 4.80. The van der Waals surface area contributed by atoms with Crippen molar-refractivity contribution in [3.8, 4) is 0 Å². The highest BCUT2D eigenvalue weighted by molar-refractivity contribution is 6.40. The van der Waals surface area contributed by atoms with Crippen LogP contribution in [0.15, 0.2) is 47.6 Å². The molecule has 3 rings (SSSR count). The van der Waals surface area contributed by atoms with Crippen LogP contribution in [0.4, 0.5) is 5.69 Å². The topological polar surface area (TPSA) is 70.7 Å². The molecule has 0 aliphatic carbocycles. The van der Waals surface area contributed by atoms with Gasteiger partial charge in [0.25, 0.3) is 5.91 Å². The predicted molar refractivity (Wildman–Crippen MR) is 97.5 cm³/mol. The minimum atomic E-state index is -0.429. The predicted octanol–water partition coefficient (Wildman–Crippen LogP) is 3.94. The first kappa shape index (κ1) is 17.0. The van der Waals surface area contributed by atoms with E-state index in [-0.39, 0.29) is 6.04 Å². The van der Waals surface area contributed by atoms with Crippen molar-refractivity contribution < 1.29 is 4.79 Å². The lowest BCUT2D eigenvalue weighted by molar-refractivity contribution is -0.114. The van der Waals surface area contributed by atoms with Crippen molar-refractivity contribution in [2.45, 2.75) is 12.5 Å². The van der Waals surface area contributed by atoms with E-state index in [0.717, 1.165) is 5.56 Å². The van der Waals surface area contributed by atoms with Crippen LogP contribution in [0.1, 0.15) is 18.0 Å². The summed E-state index contributed by atoms with van der Waals surface area (Å²) in [5, 5.41) is 7.70. The number of anilines is 1. The standard InChI is InChI=1S/C16H13Cl3N4O/c17-10-3-1-9(2-4-10)15-8-13(16(24)21-20)22-23(15)14-6-5-11(18)7-12(14)19/h1-7,15H,8,20H2,(H,21,24)/t15-/m0/s1. The number of carbonyl (C=O) groups excluding carboxylic acids is 1. The Labute approximate surface area is 153 Å². The van der Waals surface area contributed by atoms with Crippen molar-refractivity contribution in [3.05, 3.63) is 63.1 Å². The fourth-order valence-electron chi connectivity index (χ4n) is 2.56. The summed E-state index contributed by atoms with van der Waals surface area (Å²) in [6.07, 6.45) is 0.392. The second-order valence-electron chi connectivity index (χ2n) is 5.23. The Morgan fingerprint density at radius 1 is 1.12 bits per heavy atom. The Bertz CT molecular complexity index is 807. The van der Waals surface area contributed by atoms with Crippen LogP contribution in [0.2, 0.25) is 15.1 Å². The van der Waals surface area contributed by atoms with Crippen molar-refractivity contribution in [1.82, 2.24) is 5.43 Å². The van der Waals surface area contributed by atoms with E-state index in [0.29, 0.717) is 32.9 Å². The zero-order chi connectivity index (χ0) is 17.3. The molecule has 8 heteroatoms. The summed E-state index contributed by atoms with van der Waals surface area (Å²) < 4.78 is 0. The zero-order valence-electron chi connectivity index (χ0n) is 12.3. The van der Waals surface area contributed by atoms with Crippen LogP contribution < -0.4 is 16.3 Å². The quantitative estimate of drug-likeness (QED) is 0.479. The number of nitrogens with two attached hydrogens (primary N) is 1. The molecule has 1 aliphatic rings. The van der Waals surface area contributed by atoms with Crippen molar-refractivity contribution in [3.63, 3.8) is 0 Å². The van der Waals surface area contributed by atoms with Crippen molar-refractivity contribution >= 4 is 52.1 Å². The molecule has 5 nitrogen and oxygen atoms in total. The van der Waals surface area contributed by atoms with Crippen LogP contribution in [-0.4, -0.2) is 11.6 Å². The minimum Gasteiger partial charge on any atom is -0.289 e. The normalized spacial score (nSPS) is 16.9. The molecular formula is C16H13Cl3N4O. The van der Waals surface area contributed by atoms with Crippen LogP contribution in [0.5, 0.6) is 0 Å². The largest absolute Gasteiger partial charge is 0.289 e. The number of amides is 1. The van der Waals surface area contributed by atoms with Crippen LogP contribution in [0.25, 0.3) is 0 Å². The second kappa shape index (κ2) is 6.99. The molecule has 2 aromatic carbocycles. The van der Waals surface area contributed by atoms with Gasteiger partial charge >= 0.3 is 0 Å². The highest BCUT2D eigenvalue weighted by Crippen LogP contribution is 2.39. The Morgan fingerprint density at radius 3 is 2.42 bits per heavy atom. The highest BCUT2D eigenvalue weighted by Gasteiger charge is 2.33. The summed E-state index contributed by atoms with van der Waals surface area (Å²) >= 11 is 18.2. The third kappa shape index (κ3) is 3.35. The molecule has 0 fully saturated rings. The molecular weight excluding hydrogens is 371 g/mol. The van der Waals surface area contributed by atoms with Crippen LogP contribution in [0, 0.1) is 0 Å². The molecule has 0 radical (unpaired) electrons. The van der Waals surface area contributed by atoms with E-state index in [9.17, 15) is 4.79 Å². The van der Waals surface area contributed by atoms with E-state index in [1.54, 1.807) is 35.3 Å². The number of halogens is 3. The van der Waals surface area contributed by atoms with Gasteiger partial charge in [0.15, 0.2) is 0 Å². The van der Waals surface area contributed by atoms with Gasteiger partial charge in [-0.25, -0.2) is 5.84 Å². The molecule has 1 amide bonds. The van der Waals surface area contributed by atoms with E-state index in [1.807, 2.05) is 12.1 Å². The molecule has 3 N–H and O–H groups in total. The Kier molecular flexibility index (Phi) is 4.96. The zero-order valence-corrected chi connectivity index (χ0v) is 14.6. The lowest BCUT2D eigenvalue weighted by Gasteiger charge is -2.25. The number of rotatable bonds is 3. The number of hydrogen-bond acceptors (Lipinski definition) is 4. The number of hydrazone groups is 1. The smallest absolute Gasteiger partial charge is 0.281 e. The number of nitrogens with one attached hydrogen (secondary N) is 1. The average Bonchev–Trinajstić information content (AvgIpc) is 3.00. The fraction of sp³-hybridized carbons (Fsp3) is 0.125. The van der Waals surface area contributed by atoms with Crippen LogP contribution in [-0.2, 0) is 4.79 Å². The lowest BCUT2D eigenvalue weighted by atomic mass is 10.0. The van der Waals surface area contributed by atoms with E-state index >= 15 is 0 Å². The number of benzene rings is 2. The monoisotopic (exact) mass is 382 g/mol. The van der Waals surface area contributed by atoms with E-state index < -0.39 is 5.91 Å². The molecule has 0 spiro atoms. The van der Waals surface area contributed by atoms with Crippen molar-refractivity contribution in [2.24, 2.45) is 10.9 Å². The lowest BCUT2D eigenvalue weighted by Crippen LogP contribution is -2.35. The SMILES string of the molecule is NNC(=O)C1=NN(c2ccc(Cl)cc2Cl)[C@H](c2ccc(Cl)cc2)C1. The second-order valence-corrected chi connectivity index (χ2v) is 6.51. The van der Waals surface area contributed by atoms with Gasteiger partial charge in [-0.3, -0.25) is 15.2 Å². The van der Waals surface area contributed by atoms with Gasteiger partial charge in [-0.05, 0) is 35.9 Å². The molecule has 24 heavy (non-hydrogen) atoms.